The molecule has 2 aromatic rings. The molecule has 174 valence electrons. The highest BCUT2D eigenvalue weighted by Gasteiger charge is 2.46. The molecule has 4 atom stereocenters. The summed E-state index contributed by atoms with van der Waals surface area (Å²) in [5.74, 6) is -0.154. The van der Waals surface area contributed by atoms with E-state index in [9.17, 15) is 9.18 Å². The zero-order valence-corrected chi connectivity index (χ0v) is 19.3. The first-order valence-corrected chi connectivity index (χ1v) is 11.8. The quantitative estimate of drug-likeness (QED) is 0.733. The molecule has 3 heterocycles. The second-order valence-corrected chi connectivity index (χ2v) is 9.85. The van der Waals surface area contributed by atoms with Gasteiger partial charge < -0.3 is 15.0 Å². The second-order valence-electron chi connectivity index (χ2n) is 9.44. The van der Waals surface area contributed by atoms with Crippen molar-refractivity contribution in [1.82, 2.24) is 9.88 Å². The summed E-state index contributed by atoms with van der Waals surface area (Å²) in [5, 5.41) is 14.4. The van der Waals surface area contributed by atoms with Crippen molar-refractivity contribution in [3.63, 3.8) is 0 Å². The van der Waals surface area contributed by atoms with Crippen molar-refractivity contribution in [1.29, 1.82) is 5.26 Å². The van der Waals surface area contributed by atoms with Crippen LogP contribution in [-0.2, 0) is 9.53 Å². The molecule has 2 saturated heterocycles. The number of ether oxygens (including phenoxy) is 1. The van der Waals surface area contributed by atoms with Crippen LogP contribution in [0.2, 0.25) is 5.02 Å². The number of halogens is 2. The molecule has 0 radical (unpaired) electrons. The standard InChI is InChI=1S/C24H27ClFN5O2/c1-24(14-33-13-21(24)26)31-6-4-30(5-7-31)20-9-16-10-22(28-12-17(16)8-19(20)25)29-23(32)18-3-2-15(18)11-27/h8-10,12,15,18,21H,2-7,13-14H2,1H3,(H,28,29,32)/t15?,18?,21-,24+/m1/s1. The van der Waals surface area contributed by atoms with E-state index < -0.39 is 11.7 Å². The first-order chi connectivity index (χ1) is 15.9. The molecule has 2 aliphatic heterocycles. The molecule has 2 unspecified atom stereocenters. The fourth-order valence-electron chi connectivity index (χ4n) is 5.04. The van der Waals surface area contributed by atoms with Crippen molar-refractivity contribution in [3.8, 4) is 6.07 Å². The lowest BCUT2D eigenvalue weighted by atomic mass is 9.74. The second kappa shape index (κ2) is 8.71. The van der Waals surface area contributed by atoms with E-state index in [0.29, 0.717) is 17.4 Å². The van der Waals surface area contributed by atoms with Crippen molar-refractivity contribution in [2.45, 2.75) is 31.5 Å². The maximum atomic E-state index is 14.4. The van der Waals surface area contributed by atoms with Gasteiger partial charge in [0.15, 0.2) is 0 Å². The van der Waals surface area contributed by atoms with Gasteiger partial charge in [-0.05, 0) is 43.4 Å². The average Bonchev–Trinajstić information content (AvgIpc) is 3.12. The molecule has 0 spiro atoms. The van der Waals surface area contributed by atoms with Crippen LogP contribution in [-0.4, -0.2) is 66.9 Å². The number of aromatic nitrogens is 1. The molecule has 9 heteroatoms. The van der Waals surface area contributed by atoms with Gasteiger partial charge in [0.05, 0.1) is 47.4 Å². The summed E-state index contributed by atoms with van der Waals surface area (Å²) in [4.78, 5) is 21.2. The van der Waals surface area contributed by atoms with Crippen LogP contribution in [0.3, 0.4) is 0 Å². The van der Waals surface area contributed by atoms with Crippen LogP contribution >= 0.6 is 11.6 Å². The molecule has 1 aromatic heterocycles. The Morgan fingerprint density at radius 3 is 2.70 bits per heavy atom. The molecule has 1 aliphatic carbocycles. The summed E-state index contributed by atoms with van der Waals surface area (Å²) >= 11 is 6.61. The van der Waals surface area contributed by atoms with Gasteiger partial charge in [-0.2, -0.15) is 5.26 Å². The van der Waals surface area contributed by atoms with Crippen molar-refractivity contribution in [2.24, 2.45) is 11.8 Å². The predicted octanol–water partition coefficient (Wildman–Crippen LogP) is 3.63. The van der Waals surface area contributed by atoms with E-state index in [-0.39, 0.29) is 24.3 Å². The van der Waals surface area contributed by atoms with E-state index in [1.54, 1.807) is 6.20 Å². The van der Waals surface area contributed by atoms with Crippen molar-refractivity contribution >= 4 is 39.8 Å². The molecular formula is C24H27ClFN5O2. The lowest BCUT2D eigenvalue weighted by molar-refractivity contribution is -0.123. The number of benzene rings is 1. The summed E-state index contributed by atoms with van der Waals surface area (Å²) in [6.45, 7) is 5.45. The number of anilines is 2. The smallest absolute Gasteiger partial charge is 0.229 e. The summed E-state index contributed by atoms with van der Waals surface area (Å²) in [5.41, 5.74) is 0.351. The number of nitrogens with one attached hydrogen (secondary N) is 1. The maximum Gasteiger partial charge on any atom is 0.229 e. The molecule has 1 amide bonds. The monoisotopic (exact) mass is 471 g/mol. The van der Waals surface area contributed by atoms with E-state index >= 15 is 0 Å². The number of piperazine rings is 1. The minimum atomic E-state index is -0.974. The van der Waals surface area contributed by atoms with Gasteiger partial charge in [0.1, 0.15) is 12.0 Å². The Bertz CT molecular complexity index is 1120. The Morgan fingerprint density at radius 1 is 1.27 bits per heavy atom. The average molecular weight is 472 g/mol. The van der Waals surface area contributed by atoms with E-state index in [1.807, 2.05) is 25.1 Å². The number of amides is 1. The van der Waals surface area contributed by atoms with E-state index in [4.69, 9.17) is 21.6 Å². The Labute approximate surface area is 197 Å². The first-order valence-electron chi connectivity index (χ1n) is 11.4. The fourth-order valence-corrected chi connectivity index (χ4v) is 5.33. The number of pyridine rings is 1. The largest absolute Gasteiger partial charge is 0.376 e. The lowest BCUT2D eigenvalue weighted by Crippen LogP contribution is -2.59. The zero-order chi connectivity index (χ0) is 23.2. The van der Waals surface area contributed by atoms with Crippen molar-refractivity contribution in [3.05, 3.63) is 29.4 Å². The van der Waals surface area contributed by atoms with E-state index in [1.165, 1.54) is 0 Å². The molecule has 1 N–H and O–H groups in total. The molecule has 1 aromatic carbocycles. The predicted molar refractivity (Wildman–Crippen MR) is 125 cm³/mol. The number of carbonyl (C=O) groups is 1. The topological polar surface area (TPSA) is 81.5 Å². The summed E-state index contributed by atoms with van der Waals surface area (Å²) in [7, 11) is 0. The molecule has 5 rings (SSSR count). The normalized spacial score (nSPS) is 30.1. The number of nitriles is 1. The van der Waals surface area contributed by atoms with E-state index in [0.717, 1.165) is 55.5 Å². The summed E-state index contributed by atoms with van der Waals surface area (Å²) < 4.78 is 19.8. The molecular weight excluding hydrogens is 445 g/mol. The molecule has 3 aliphatic rings. The SMILES string of the molecule is C[C@]1(N2CCN(c3cc4cc(NC(=O)C5CCC5C#N)ncc4cc3Cl)CC2)COC[C@H]1F. The van der Waals surface area contributed by atoms with Crippen LogP contribution in [0.1, 0.15) is 19.8 Å². The lowest BCUT2D eigenvalue weighted by Gasteiger charge is -2.44. The van der Waals surface area contributed by atoms with Gasteiger partial charge in [0, 0.05) is 37.8 Å². The highest BCUT2D eigenvalue weighted by molar-refractivity contribution is 6.34. The third-order valence-corrected chi connectivity index (χ3v) is 7.79. The Morgan fingerprint density at radius 2 is 2.06 bits per heavy atom. The molecule has 1 saturated carbocycles. The van der Waals surface area contributed by atoms with Gasteiger partial charge in [-0.15, -0.1) is 0 Å². The zero-order valence-electron chi connectivity index (χ0n) is 18.6. The Kier molecular flexibility index (Phi) is 5.89. The van der Waals surface area contributed by atoms with Gasteiger partial charge >= 0.3 is 0 Å². The van der Waals surface area contributed by atoms with Crippen molar-refractivity contribution in [2.75, 3.05) is 49.6 Å². The molecule has 3 fully saturated rings. The van der Waals surface area contributed by atoms with Crippen LogP contribution in [0.25, 0.3) is 10.8 Å². The number of carbonyl (C=O) groups excluding carboxylic acids is 1. The molecule has 7 nitrogen and oxygen atoms in total. The van der Waals surface area contributed by atoms with Crippen LogP contribution in [0.5, 0.6) is 0 Å². The minimum Gasteiger partial charge on any atom is -0.376 e. The minimum absolute atomic E-state index is 0.152. The van der Waals surface area contributed by atoms with Crippen LogP contribution in [0, 0.1) is 23.2 Å². The third-order valence-electron chi connectivity index (χ3n) is 7.49. The van der Waals surface area contributed by atoms with Gasteiger partial charge in [0.25, 0.3) is 0 Å². The Hall–Kier alpha value is -2.47. The van der Waals surface area contributed by atoms with Crippen molar-refractivity contribution < 1.29 is 13.9 Å². The number of hydrogen-bond acceptors (Lipinski definition) is 6. The third kappa shape index (κ3) is 4.03. The van der Waals surface area contributed by atoms with Gasteiger partial charge in [0.2, 0.25) is 5.91 Å². The number of nitrogens with zero attached hydrogens (tertiary/aromatic N) is 4. The highest BCUT2D eigenvalue weighted by Crippen LogP contribution is 2.36. The number of alkyl halides is 1. The van der Waals surface area contributed by atoms with E-state index in [2.05, 4.69) is 26.2 Å². The number of rotatable bonds is 4. The van der Waals surface area contributed by atoms with Gasteiger partial charge in [-0.3, -0.25) is 9.69 Å². The van der Waals surface area contributed by atoms with Gasteiger partial charge in [-0.1, -0.05) is 11.6 Å². The molecule has 0 bridgehead atoms. The first kappa shape index (κ1) is 22.3. The van der Waals surface area contributed by atoms with Gasteiger partial charge in [-0.25, -0.2) is 9.37 Å². The number of fused-ring (bicyclic) bond motifs is 1. The highest BCUT2D eigenvalue weighted by atomic mass is 35.5. The maximum absolute atomic E-state index is 14.4. The summed E-state index contributed by atoms with van der Waals surface area (Å²) in [6, 6.07) is 7.94. The number of hydrogen-bond donors (Lipinski definition) is 1. The molecule has 33 heavy (non-hydrogen) atoms. The van der Waals surface area contributed by atoms with Crippen LogP contribution in [0.4, 0.5) is 15.9 Å². The fraction of sp³-hybridized carbons (Fsp3) is 0.542. The Balaban J connectivity index is 1.31. The summed E-state index contributed by atoms with van der Waals surface area (Å²) in [6.07, 6.45) is 2.23. The van der Waals surface area contributed by atoms with Crippen LogP contribution < -0.4 is 10.2 Å². The van der Waals surface area contributed by atoms with Crippen LogP contribution in [0.15, 0.2) is 24.4 Å².